The number of benzene rings is 1. The lowest BCUT2D eigenvalue weighted by molar-refractivity contribution is -0.117. The van der Waals surface area contributed by atoms with Crippen molar-refractivity contribution in [2.45, 2.75) is 25.8 Å². The predicted octanol–water partition coefficient (Wildman–Crippen LogP) is 0.943. The zero-order valence-electron chi connectivity index (χ0n) is 11.8. The summed E-state index contributed by atoms with van der Waals surface area (Å²) in [6, 6.07) is 7.36. The molecular formula is C13H18N6O. The summed E-state index contributed by atoms with van der Waals surface area (Å²) >= 11 is 0. The highest BCUT2D eigenvalue weighted by Crippen LogP contribution is 2.20. The molecule has 0 saturated carbocycles. The standard InChI is InChI=1S/C13H18N6O/c1-13(2,14)8-11(20)15-10-6-4-5-9(7-10)12-16-17-18-19(12)3/h4-7H,8,14H2,1-3H3,(H,15,20). The summed E-state index contributed by atoms with van der Waals surface area (Å²) in [6.45, 7) is 3.63. The van der Waals surface area contributed by atoms with Gasteiger partial charge in [0.1, 0.15) is 0 Å². The van der Waals surface area contributed by atoms with Gasteiger partial charge in [-0.05, 0) is 36.4 Å². The zero-order valence-corrected chi connectivity index (χ0v) is 11.8. The second-order valence-corrected chi connectivity index (χ2v) is 5.42. The highest BCUT2D eigenvalue weighted by molar-refractivity contribution is 5.92. The Hall–Kier alpha value is -2.28. The summed E-state index contributed by atoms with van der Waals surface area (Å²) in [7, 11) is 1.76. The predicted molar refractivity (Wildman–Crippen MR) is 75.7 cm³/mol. The summed E-state index contributed by atoms with van der Waals surface area (Å²) in [5.41, 5.74) is 6.82. The van der Waals surface area contributed by atoms with E-state index in [0.717, 1.165) is 5.56 Å². The molecule has 0 aliphatic carbocycles. The fourth-order valence-corrected chi connectivity index (χ4v) is 1.83. The van der Waals surface area contributed by atoms with Crippen LogP contribution < -0.4 is 11.1 Å². The van der Waals surface area contributed by atoms with Gasteiger partial charge < -0.3 is 11.1 Å². The lowest BCUT2D eigenvalue weighted by Gasteiger charge is -2.17. The highest BCUT2D eigenvalue weighted by Gasteiger charge is 2.16. The normalized spacial score (nSPS) is 11.4. The first kappa shape index (κ1) is 14.1. The Balaban J connectivity index is 2.15. The molecule has 2 rings (SSSR count). The van der Waals surface area contributed by atoms with Gasteiger partial charge in [-0.1, -0.05) is 12.1 Å². The van der Waals surface area contributed by atoms with Gasteiger partial charge in [-0.15, -0.1) is 5.10 Å². The Labute approximate surface area is 117 Å². The third-order valence-electron chi connectivity index (χ3n) is 2.64. The lowest BCUT2D eigenvalue weighted by atomic mass is 10.0. The van der Waals surface area contributed by atoms with Crippen molar-refractivity contribution < 1.29 is 4.79 Å². The van der Waals surface area contributed by atoms with Crippen LogP contribution >= 0.6 is 0 Å². The first-order chi connectivity index (χ1) is 9.35. The van der Waals surface area contributed by atoms with Crippen LogP contribution in [-0.4, -0.2) is 31.7 Å². The van der Waals surface area contributed by atoms with Crippen LogP contribution in [0.25, 0.3) is 11.4 Å². The topological polar surface area (TPSA) is 98.7 Å². The van der Waals surface area contributed by atoms with Crippen molar-refractivity contribution in [3.63, 3.8) is 0 Å². The monoisotopic (exact) mass is 274 g/mol. The molecule has 106 valence electrons. The molecule has 1 amide bonds. The fourth-order valence-electron chi connectivity index (χ4n) is 1.83. The van der Waals surface area contributed by atoms with Crippen molar-refractivity contribution >= 4 is 11.6 Å². The molecular weight excluding hydrogens is 256 g/mol. The van der Waals surface area contributed by atoms with Crippen LogP contribution in [0, 0.1) is 0 Å². The average molecular weight is 274 g/mol. The maximum Gasteiger partial charge on any atom is 0.226 e. The molecule has 0 aliphatic heterocycles. The Morgan fingerprint density at radius 1 is 1.45 bits per heavy atom. The van der Waals surface area contributed by atoms with E-state index in [-0.39, 0.29) is 12.3 Å². The van der Waals surface area contributed by atoms with Crippen LogP contribution in [0.15, 0.2) is 24.3 Å². The Bertz CT molecular complexity index is 613. The molecule has 2 aromatic rings. The number of nitrogens with zero attached hydrogens (tertiary/aromatic N) is 4. The smallest absolute Gasteiger partial charge is 0.226 e. The molecule has 7 nitrogen and oxygen atoms in total. The molecule has 0 fully saturated rings. The fraction of sp³-hybridized carbons (Fsp3) is 0.385. The van der Waals surface area contributed by atoms with Crippen molar-refractivity contribution in [1.29, 1.82) is 0 Å². The molecule has 7 heteroatoms. The first-order valence-electron chi connectivity index (χ1n) is 6.27. The maximum atomic E-state index is 11.9. The number of amides is 1. The number of nitrogens with one attached hydrogen (secondary N) is 1. The molecule has 0 radical (unpaired) electrons. The van der Waals surface area contributed by atoms with Crippen molar-refractivity contribution in [2.24, 2.45) is 12.8 Å². The van der Waals surface area contributed by atoms with Gasteiger partial charge in [-0.25, -0.2) is 4.68 Å². The third kappa shape index (κ3) is 3.61. The third-order valence-corrected chi connectivity index (χ3v) is 2.64. The number of hydrogen-bond acceptors (Lipinski definition) is 5. The van der Waals surface area contributed by atoms with E-state index in [1.165, 1.54) is 0 Å². The van der Waals surface area contributed by atoms with Gasteiger partial charge >= 0.3 is 0 Å². The second-order valence-electron chi connectivity index (χ2n) is 5.42. The minimum atomic E-state index is -0.533. The highest BCUT2D eigenvalue weighted by atomic mass is 16.1. The molecule has 1 aromatic heterocycles. The molecule has 1 aromatic carbocycles. The Kier molecular flexibility index (Phi) is 3.80. The number of carbonyl (C=O) groups excluding carboxylic acids is 1. The molecule has 0 unspecified atom stereocenters. The summed E-state index contributed by atoms with van der Waals surface area (Å²) in [4.78, 5) is 11.9. The molecule has 0 saturated heterocycles. The van der Waals surface area contributed by atoms with Crippen molar-refractivity contribution in [3.8, 4) is 11.4 Å². The minimum absolute atomic E-state index is 0.120. The maximum absolute atomic E-state index is 11.9. The van der Waals surface area contributed by atoms with Gasteiger partial charge in [0.2, 0.25) is 5.91 Å². The van der Waals surface area contributed by atoms with Crippen molar-refractivity contribution in [3.05, 3.63) is 24.3 Å². The van der Waals surface area contributed by atoms with Gasteiger partial charge in [0.25, 0.3) is 0 Å². The van der Waals surface area contributed by atoms with Gasteiger partial charge in [-0.3, -0.25) is 4.79 Å². The van der Waals surface area contributed by atoms with Crippen molar-refractivity contribution in [2.75, 3.05) is 5.32 Å². The average Bonchev–Trinajstić information content (AvgIpc) is 2.73. The molecule has 3 N–H and O–H groups in total. The molecule has 1 heterocycles. The van der Waals surface area contributed by atoms with Crippen LogP contribution in [0.2, 0.25) is 0 Å². The van der Waals surface area contributed by atoms with Gasteiger partial charge in [0.05, 0.1) is 0 Å². The summed E-state index contributed by atoms with van der Waals surface area (Å²) < 4.78 is 1.57. The summed E-state index contributed by atoms with van der Waals surface area (Å²) in [5.74, 6) is 0.519. The number of tetrazole rings is 1. The van der Waals surface area contributed by atoms with Gasteiger partial charge in [-0.2, -0.15) is 0 Å². The van der Waals surface area contributed by atoms with E-state index in [1.54, 1.807) is 11.7 Å². The Morgan fingerprint density at radius 3 is 2.80 bits per heavy atom. The summed E-state index contributed by atoms with van der Waals surface area (Å²) in [6.07, 6.45) is 0.253. The number of aryl methyl sites for hydroxylation is 1. The quantitative estimate of drug-likeness (QED) is 0.864. The van der Waals surface area contributed by atoms with E-state index < -0.39 is 5.54 Å². The summed E-state index contributed by atoms with van der Waals surface area (Å²) in [5, 5.41) is 14.1. The second kappa shape index (κ2) is 5.38. The van der Waals surface area contributed by atoms with Crippen LogP contribution in [0.4, 0.5) is 5.69 Å². The number of nitrogens with two attached hydrogens (primary N) is 1. The van der Waals surface area contributed by atoms with E-state index in [1.807, 2.05) is 38.1 Å². The van der Waals surface area contributed by atoms with E-state index >= 15 is 0 Å². The van der Waals surface area contributed by atoms with E-state index in [0.29, 0.717) is 11.5 Å². The molecule has 0 bridgehead atoms. The van der Waals surface area contributed by atoms with Crippen LogP contribution in [-0.2, 0) is 11.8 Å². The molecule has 0 spiro atoms. The molecule has 0 atom stereocenters. The van der Waals surface area contributed by atoms with Crippen LogP contribution in [0.5, 0.6) is 0 Å². The minimum Gasteiger partial charge on any atom is -0.326 e. The number of hydrogen-bond donors (Lipinski definition) is 2. The van der Waals surface area contributed by atoms with E-state index in [2.05, 4.69) is 20.8 Å². The largest absolute Gasteiger partial charge is 0.326 e. The van der Waals surface area contributed by atoms with Crippen LogP contribution in [0.3, 0.4) is 0 Å². The van der Waals surface area contributed by atoms with E-state index in [4.69, 9.17) is 5.73 Å². The molecule has 0 aliphatic rings. The first-order valence-corrected chi connectivity index (χ1v) is 6.27. The SMILES string of the molecule is Cn1nnnc1-c1cccc(NC(=O)CC(C)(C)N)c1. The van der Waals surface area contributed by atoms with Gasteiger partial charge in [0, 0.05) is 30.3 Å². The molecule has 20 heavy (non-hydrogen) atoms. The number of carbonyl (C=O) groups is 1. The number of aromatic nitrogens is 4. The number of anilines is 1. The Morgan fingerprint density at radius 2 is 2.20 bits per heavy atom. The van der Waals surface area contributed by atoms with Crippen LogP contribution in [0.1, 0.15) is 20.3 Å². The van der Waals surface area contributed by atoms with Gasteiger partial charge in [0.15, 0.2) is 5.82 Å². The zero-order chi connectivity index (χ0) is 14.8. The van der Waals surface area contributed by atoms with E-state index in [9.17, 15) is 4.79 Å². The van der Waals surface area contributed by atoms with Crippen molar-refractivity contribution in [1.82, 2.24) is 20.2 Å². The lowest BCUT2D eigenvalue weighted by Crippen LogP contribution is -2.36. The number of rotatable bonds is 4.